The normalized spacial score (nSPS) is 34.7. The maximum Gasteiger partial charge on any atom is 0.161 e. The van der Waals surface area contributed by atoms with Crippen LogP contribution in [0.2, 0.25) is 0 Å². The summed E-state index contributed by atoms with van der Waals surface area (Å²) in [6.45, 7) is 9.79. The van der Waals surface area contributed by atoms with Crippen molar-refractivity contribution in [3.8, 4) is 0 Å². The number of hydrogen-bond donors (Lipinski definition) is 1. The molecule has 8 aliphatic rings. The third kappa shape index (κ3) is 3.82. The number of amidine groups is 1. The van der Waals surface area contributed by atoms with Gasteiger partial charge in [0.25, 0.3) is 0 Å². The molecular formula is C44H46N6. The number of rotatable bonds is 4. The van der Waals surface area contributed by atoms with Gasteiger partial charge >= 0.3 is 0 Å². The average Bonchev–Trinajstić information content (AvgIpc) is 3.68. The number of piperidine rings is 1. The zero-order chi connectivity index (χ0) is 33.8. The Morgan fingerprint density at radius 2 is 1.66 bits per heavy atom. The summed E-state index contributed by atoms with van der Waals surface area (Å²) in [5.74, 6) is 1.90. The van der Waals surface area contributed by atoms with E-state index in [2.05, 4.69) is 162 Å². The summed E-state index contributed by atoms with van der Waals surface area (Å²) >= 11 is 0. The minimum Gasteiger partial charge on any atom is -0.364 e. The maximum atomic E-state index is 5.17. The topological polar surface area (TPSA) is 37.4 Å². The number of para-hydroxylation sites is 2. The molecule has 252 valence electrons. The lowest BCUT2D eigenvalue weighted by atomic mass is 9.42. The minimum absolute atomic E-state index is 0.0250. The molecule has 1 N–H and O–H groups in total. The Kier molecular flexibility index (Phi) is 6.44. The van der Waals surface area contributed by atoms with Gasteiger partial charge in [-0.25, -0.2) is 4.99 Å². The Morgan fingerprint density at radius 1 is 0.880 bits per heavy atom. The smallest absolute Gasteiger partial charge is 0.161 e. The minimum atomic E-state index is -0.144. The number of anilines is 2. The Balaban J connectivity index is 1.21. The molecule has 2 fully saturated rings. The fraction of sp³-hybridized carbons (Fsp3) is 0.341. The van der Waals surface area contributed by atoms with E-state index in [0.717, 1.165) is 31.5 Å². The zero-order valence-electron chi connectivity index (χ0n) is 29.5. The van der Waals surface area contributed by atoms with Crippen LogP contribution in [0.25, 0.3) is 0 Å². The zero-order valence-corrected chi connectivity index (χ0v) is 29.5. The third-order valence-corrected chi connectivity index (χ3v) is 13.1. The predicted molar refractivity (Wildman–Crippen MR) is 203 cm³/mol. The lowest BCUT2D eigenvalue weighted by Gasteiger charge is -2.69. The molecule has 0 spiro atoms. The van der Waals surface area contributed by atoms with Gasteiger partial charge in [-0.15, -0.1) is 0 Å². The standard InChI is InChI=1S/C44H46N6/c1-29-23-24-30(2)38(27-29)50-40-39(45-25-26-46-40)48(32-17-9-6-10-18-32)41(50)34-28-43(3)42-47(31-15-7-5-8-16-31)36-21-13-14-22-37(36)49(42)35-20-12-11-19-33(35)44(34,43)4/h5-13,15-18,20-21,23-26,28-29,33,39,41-42,45H,14,19,22,27H2,1-4H3. The summed E-state index contributed by atoms with van der Waals surface area (Å²) in [6, 6.07) is 22.1. The summed E-state index contributed by atoms with van der Waals surface area (Å²) in [6.07, 6.45) is 27.5. The molecular weight excluding hydrogens is 613 g/mol. The van der Waals surface area contributed by atoms with E-state index in [-0.39, 0.29) is 29.3 Å². The largest absolute Gasteiger partial charge is 0.364 e. The first-order chi connectivity index (χ1) is 24.4. The summed E-state index contributed by atoms with van der Waals surface area (Å²) in [5, 5.41) is 3.76. The number of allylic oxidation sites excluding steroid dienone is 11. The van der Waals surface area contributed by atoms with Gasteiger partial charge in [-0.2, -0.15) is 0 Å². The van der Waals surface area contributed by atoms with E-state index >= 15 is 0 Å². The van der Waals surface area contributed by atoms with Gasteiger partial charge in [0, 0.05) is 57.6 Å². The highest BCUT2D eigenvalue weighted by atomic mass is 15.5. The predicted octanol–water partition coefficient (Wildman–Crippen LogP) is 8.94. The monoisotopic (exact) mass is 658 g/mol. The van der Waals surface area contributed by atoms with Crippen molar-refractivity contribution in [1.82, 2.24) is 15.1 Å². The summed E-state index contributed by atoms with van der Waals surface area (Å²) in [5.41, 5.74) is 10.7. The van der Waals surface area contributed by atoms with Gasteiger partial charge in [0.15, 0.2) is 12.0 Å². The van der Waals surface area contributed by atoms with Crippen LogP contribution in [-0.2, 0) is 0 Å². The van der Waals surface area contributed by atoms with Gasteiger partial charge in [-0.1, -0.05) is 93.6 Å². The van der Waals surface area contributed by atoms with Gasteiger partial charge in [-0.05, 0) is 86.1 Å². The number of benzene rings is 2. The van der Waals surface area contributed by atoms with Crippen LogP contribution in [0.1, 0.15) is 53.4 Å². The lowest BCUT2D eigenvalue weighted by Crippen LogP contribution is -2.71. The Labute approximate surface area is 296 Å². The van der Waals surface area contributed by atoms with Crippen molar-refractivity contribution in [2.45, 2.75) is 71.9 Å². The molecule has 4 heterocycles. The molecule has 7 atom stereocenters. The van der Waals surface area contributed by atoms with Crippen LogP contribution in [-0.4, -0.2) is 34.1 Å². The molecule has 10 rings (SSSR count). The molecule has 6 heteroatoms. The first-order valence-electron chi connectivity index (χ1n) is 18.5. The van der Waals surface area contributed by atoms with E-state index in [1.807, 2.05) is 12.4 Å². The summed E-state index contributed by atoms with van der Waals surface area (Å²) in [7, 11) is 0. The number of nitrogens with zero attached hydrogens (tertiary/aromatic N) is 5. The Hall–Kier alpha value is -4.97. The Morgan fingerprint density at radius 3 is 2.46 bits per heavy atom. The second kappa shape index (κ2) is 10.8. The number of hydrogen-bond acceptors (Lipinski definition) is 6. The van der Waals surface area contributed by atoms with Crippen molar-refractivity contribution in [2.75, 3.05) is 9.80 Å². The molecule has 50 heavy (non-hydrogen) atoms. The van der Waals surface area contributed by atoms with Crippen LogP contribution >= 0.6 is 0 Å². The van der Waals surface area contributed by atoms with Crippen molar-refractivity contribution in [3.05, 3.63) is 156 Å². The molecule has 0 aromatic heterocycles. The lowest BCUT2D eigenvalue weighted by molar-refractivity contribution is -0.0554. The van der Waals surface area contributed by atoms with E-state index in [0.29, 0.717) is 11.8 Å². The van der Waals surface area contributed by atoms with Gasteiger partial charge in [0.2, 0.25) is 0 Å². The average molecular weight is 659 g/mol. The summed E-state index contributed by atoms with van der Waals surface area (Å²) in [4.78, 5) is 15.9. The quantitative estimate of drug-likeness (QED) is 0.332. The van der Waals surface area contributed by atoms with E-state index in [4.69, 9.17) is 4.99 Å². The van der Waals surface area contributed by atoms with E-state index < -0.39 is 0 Å². The SMILES string of the molecule is CC1=C(N2C3=NC=CNC3N(c3ccccc3)C2C2=CC3(C)C4N(C5=CC=CCC5C23C)C2=C(C=CCC2)N4c2ccccc2)CC(C)C=C1. The molecule has 0 saturated carbocycles. The van der Waals surface area contributed by atoms with Crippen LogP contribution in [0.3, 0.4) is 0 Å². The van der Waals surface area contributed by atoms with Crippen molar-refractivity contribution >= 4 is 17.2 Å². The van der Waals surface area contributed by atoms with Gasteiger partial charge in [-0.3, -0.25) is 0 Å². The van der Waals surface area contributed by atoms with Crippen LogP contribution in [0, 0.1) is 22.7 Å². The highest BCUT2D eigenvalue weighted by Crippen LogP contribution is 2.72. The molecule has 4 aliphatic carbocycles. The first kappa shape index (κ1) is 29.9. The van der Waals surface area contributed by atoms with E-state index in [1.165, 1.54) is 45.3 Å². The van der Waals surface area contributed by atoms with E-state index in [9.17, 15) is 0 Å². The molecule has 2 aromatic carbocycles. The molecule has 4 aliphatic heterocycles. The molecule has 0 bridgehead atoms. The van der Waals surface area contributed by atoms with Gasteiger partial charge in [0.1, 0.15) is 12.3 Å². The number of aliphatic imine (C=N–C) groups is 1. The van der Waals surface area contributed by atoms with Crippen molar-refractivity contribution < 1.29 is 0 Å². The van der Waals surface area contributed by atoms with E-state index in [1.54, 1.807) is 0 Å². The fourth-order valence-corrected chi connectivity index (χ4v) is 10.6. The third-order valence-electron chi connectivity index (χ3n) is 13.1. The first-order valence-corrected chi connectivity index (χ1v) is 18.5. The molecule has 0 amide bonds. The number of nitrogens with one attached hydrogen (secondary N) is 1. The highest BCUT2D eigenvalue weighted by molar-refractivity contribution is 5.97. The maximum absolute atomic E-state index is 5.17. The molecule has 2 aromatic rings. The second-order valence-electron chi connectivity index (χ2n) is 15.6. The fourth-order valence-electron chi connectivity index (χ4n) is 10.6. The number of fused-ring (bicyclic) bond motifs is 8. The summed E-state index contributed by atoms with van der Waals surface area (Å²) < 4.78 is 0. The van der Waals surface area contributed by atoms with Gasteiger partial charge in [0.05, 0.1) is 5.70 Å². The van der Waals surface area contributed by atoms with Crippen LogP contribution in [0.4, 0.5) is 11.4 Å². The highest BCUT2D eigenvalue weighted by Gasteiger charge is 2.72. The second-order valence-corrected chi connectivity index (χ2v) is 15.6. The molecule has 0 radical (unpaired) electrons. The van der Waals surface area contributed by atoms with Crippen molar-refractivity contribution in [1.29, 1.82) is 0 Å². The van der Waals surface area contributed by atoms with Crippen LogP contribution in [0.15, 0.2) is 161 Å². The molecule has 7 unspecified atom stereocenters. The van der Waals surface area contributed by atoms with Gasteiger partial charge < -0.3 is 24.9 Å². The van der Waals surface area contributed by atoms with Crippen LogP contribution in [0.5, 0.6) is 0 Å². The van der Waals surface area contributed by atoms with Crippen molar-refractivity contribution in [3.63, 3.8) is 0 Å². The Bertz CT molecular complexity index is 2040. The van der Waals surface area contributed by atoms with Crippen LogP contribution < -0.4 is 15.1 Å². The van der Waals surface area contributed by atoms with Crippen molar-refractivity contribution in [2.24, 2.45) is 27.7 Å². The molecule has 2 saturated heterocycles. The molecule has 6 nitrogen and oxygen atoms in total.